The molecule has 0 amide bonds. The van der Waals surface area contributed by atoms with Crippen LogP contribution in [0.2, 0.25) is 0 Å². The number of hydrogen-bond acceptors (Lipinski definition) is 6. The molecule has 0 saturated heterocycles. The standard InChI is InChI=1S/C26H27N3O3/c1-4-31-21-14-12-19(16-22(21)32-5-2)24(29-23-10-6-8-17(3)28-23)20-13-11-18-9-7-15-27-25(18)26(20)30/h6-16,24,30H,4-5H2,1-3H3,(H,28,29). The van der Waals surface area contributed by atoms with Gasteiger partial charge in [0.1, 0.15) is 17.1 Å². The number of hydrogen-bond donors (Lipinski definition) is 2. The molecule has 2 aromatic heterocycles. The molecule has 0 aliphatic rings. The molecule has 4 aromatic rings. The molecule has 0 saturated carbocycles. The molecule has 2 N–H and O–H groups in total. The largest absolute Gasteiger partial charge is 0.505 e. The maximum atomic E-state index is 11.1. The predicted molar refractivity (Wildman–Crippen MR) is 127 cm³/mol. The fourth-order valence-corrected chi connectivity index (χ4v) is 3.74. The van der Waals surface area contributed by atoms with Crippen LogP contribution in [0.15, 0.2) is 66.9 Å². The van der Waals surface area contributed by atoms with E-state index in [0.717, 1.165) is 16.6 Å². The summed E-state index contributed by atoms with van der Waals surface area (Å²) in [5.41, 5.74) is 3.07. The third-order valence-electron chi connectivity index (χ3n) is 5.17. The first kappa shape index (κ1) is 21.4. The number of ether oxygens (including phenoxy) is 2. The minimum absolute atomic E-state index is 0.139. The normalized spacial score (nSPS) is 11.8. The Morgan fingerprint density at radius 3 is 2.53 bits per heavy atom. The molecule has 0 aliphatic heterocycles. The van der Waals surface area contributed by atoms with Crippen LogP contribution in [0.5, 0.6) is 17.2 Å². The van der Waals surface area contributed by atoms with Gasteiger partial charge in [-0.25, -0.2) is 4.98 Å². The van der Waals surface area contributed by atoms with E-state index in [1.54, 1.807) is 6.20 Å². The number of aromatic nitrogens is 2. The van der Waals surface area contributed by atoms with Crippen LogP contribution in [-0.4, -0.2) is 28.3 Å². The molecule has 0 aliphatic carbocycles. The van der Waals surface area contributed by atoms with E-state index < -0.39 is 0 Å². The van der Waals surface area contributed by atoms with Crippen molar-refractivity contribution in [2.75, 3.05) is 18.5 Å². The summed E-state index contributed by atoms with van der Waals surface area (Å²) < 4.78 is 11.6. The summed E-state index contributed by atoms with van der Waals surface area (Å²) in [5.74, 6) is 2.20. The van der Waals surface area contributed by atoms with Crippen molar-refractivity contribution in [3.05, 3.63) is 83.7 Å². The Morgan fingerprint density at radius 2 is 1.75 bits per heavy atom. The predicted octanol–water partition coefficient (Wildman–Crippen LogP) is 5.64. The third-order valence-corrected chi connectivity index (χ3v) is 5.17. The maximum Gasteiger partial charge on any atom is 0.161 e. The lowest BCUT2D eigenvalue weighted by Crippen LogP contribution is -2.14. The molecular weight excluding hydrogens is 402 g/mol. The number of aromatic hydroxyl groups is 1. The summed E-state index contributed by atoms with van der Waals surface area (Å²) in [6, 6.07) is 18.9. The van der Waals surface area contributed by atoms with Crippen molar-refractivity contribution < 1.29 is 14.6 Å². The van der Waals surface area contributed by atoms with Crippen molar-refractivity contribution in [2.24, 2.45) is 0 Å². The van der Waals surface area contributed by atoms with Gasteiger partial charge in [-0.15, -0.1) is 0 Å². The summed E-state index contributed by atoms with van der Waals surface area (Å²) in [7, 11) is 0. The first-order valence-electron chi connectivity index (χ1n) is 10.8. The molecule has 4 rings (SSSR count). The molecule has 0 bridgehead atoms. The molecule has 2 heterocycles. The van der Waals surface area contributed by atoms with Crippen molar-refractivity contribution in [2.45, 2.75) is 26.8 Å². The van der Waals surface area contributed by atoms with Gasteiger partial charge in [0.05, 0.1) is 19.3 Å². The fraction of sp³-hybridized carbons (Fsp3) is 0.231. The lowest BCUT2D eigenvalue weighted by Gasteiger charge is -2.23. The van der Waals surface area contributed by atoms with E-state index in [4.69, 9.17) is 9.47 Å². The Bertz CT molecular complexity index is 1230. The Hall–Kier alpha value is -3.80. The summed E-state index contributed by atoms with van der Waals surface area (Å²) >= 11 is 0. The van der Waals surface area contributed by atoms with E-state index in [1.165, 1.54) is 0 Å². The molecule has 6 nitrogen and oxygen atoms in total. The van der Waals surface area contributed by atoms with Gasteiger partial charge in [-0.2, -0.15) is 0 Å². The van der Waals surface area contributed by atoms with Crippen LogP contribution in [0, 0.1) is 6.92 Å². The van der Waals surface area contributed by atoms with Crippen LogP contribution in [-0.2, 0) is 0 Å². The average Bonchev–Trinajstić information content (AvgIpc) is 2.80. The van der Waals surface area contributed by atoms with Gasteiger partial charge in [0.15, 0.2) is 11.5 Å². The number of rotatable bonds is 8. The number of fused-ring (bicyclic) bond motifs is 1. The molecule has 0 spiro atoms. The van der Waals surface area contributed by atoms with E-state index in [2.05, 4.69) is 15.3 Å². The van der Waals surface area contributed by atoms with Gasteiger partial charge in [-0.05, 0) is 56.7 Å². The first-order valence-corrected chi connectivity index (χ1v) is 10.8. The zero-order chi connectivity index (χ0) is 22.5. The van der Waals surface area contributed by atoms with Gasteiger partial charge >= 0.3 is 0 Å². The highest BCUT2D eigenvalue weighted by molar-refractivity contribution is 5.86. The molecule has 32 heavy (non-hydrogen) atoms. The third kappa shape index (κ3) is 4.44. The maximum absolute atomic E-state index is 11.1. The van der Waals surface area contributed by atoms with E-state index in [-0.39, 0.29) is 11.8 Å². The van der Waals surface area contributed by atoms with Crippen molar-refractivity contribution >= 4 is 16.7 Å². The highest BCUT2D eigenvalue weighted by Gasteiger charge is 2.22. The number of phenols is 1. The zero-order valence-electron chi connectivity index (χ0n) is 18.5. The summed E-state index contributed by atoms with van der Waals surface area (Å²) in [6.07, 6.45) is 1.68. The molecule has 1 unspecified atom stereocenters. The molecule has 164 valence electrons. The zero-order valence-corrected chi connectivity index (χ0v) is 18.5. The monoisotopic (exact) mass is 429 g/mol. The minimum Gasteiger partial charge on any atom is -0.505 e. The Balaban J connectivity index is 1.85. The molecule has 1 atom stereocenters. The second-order valence-corrected chi connectivity index (χ2v) is 7.39. The van der Waals surface area contributed by atoms with E-state index in [9.17, 15) is 5.11 Å². The number of pyridine rings is 2. The van der Waals surface area contributed by atoms with E-state index in [0.29, 0.717) is 41.6 Å². The number of anilines is 1. The Labute approximate surface area is 187 Å². The van der Waals surface area contributed by atoms with Gasteiger partial charge < -0.3 is 19.9 Å². The molecule has 2 aromatic carbocycles. The number of nitrogens with one attached hydrogen (secondary N) is 1. The first-order chi connectivity index (χ1) is 15.6. The van der Waals surface area contributed by atoms with Gasteiger partial charge in [0.2, 0.25) is 0 Å². The summed E-state index contributed by atoms with van der Waals surface area (Å²) in [5, 5.41) is 15.5. The lowest BCUT2D eigenvalue weighted by atomic mass is 9.95. The number of phenolic OH excluding ortho intramolecular Hbond substituents is 1. The topological polar surface area (TPSA) is 76.5 Å². The molecule has 6 heteroatoms. The van der Waals surface area contributed by atoms with Gasteiger partial charge in [-0.3, -0.25) is 4.98 Å². The van der Waals surface area contributed by atoms with Gasteiger partial charge in [0.25, 0.3) is 0 Å². The van der Waals surface area contributed by atoms with E-state index >= 15 is 0 Å². The number of benzene rings is 2. The number of aryl methyl sites for hydroxylation is 1. The lowest BCUT2D eigenvalue weighted by molar-refractivity contribution is 0.287. The molecular formula is C26H27N3O3. The van der Waals surface area contributed by atoms with Crippen LogP contribution < -0.4 is 14.8 Å². The van der Waals surface area contributed by atoms with Gasteiger partial charge in [0, 0.05) is 22.8 Å². The Morgan fingerprint density at radius 1 is 0.938 bits per heavy atom. The van der Waals surface area contributed by atoms with Crippen LogP contribution in [0.4, 0.5) is 5.82 Å². The van der Waals surface area contributed by atoms with E-state index in [1.807, 2.05) is 81.4 Å². The second-order valence-electron chi connectivity index (χ2n) is 7.39. The smallest absolute Gasteiger partial charge is 0.161 e. The van der Waals surface area contributed by atoms with Crippen LogP contribution in [0.3, 0.4) is 0 Å². The van der Waals surface area contributed by atoms with Crippen LogP contribution >= 0.6 is 0 Å². The highest BCUT2D eigenvalue weighted by atomic mass is 16.5. The summed E-state index contributed by atoms with van der Waals surface area (Å²) in [4.78, 5) is 8.98. The van der Waals surface area contributed by atoms with Crippen molar-refractivity contribution in [1.29, 1.82) is 0 Å². The second kappa shape index (κ2) is 9.56. The average molecular weight is 430 g/mol. The Kier molecular flexibility index (Phi) is 6.40. The van der Waals surface area contributed by atoms with Crippen molar-refractivity contribution in [1.82, 2.24) is 9.97 Å². The fourth-order valence-electron chi connectivity index (χ4n) is 3.74. The van der Waals surface area contributed by atoms with Gasteiger partial charge in [-0.1, -0.05) is 30.3 Å². The highest BCUT2D eigenvalue weighted by Crippen LogP contribution is 2.39. The van der Waals surface area contributed by atoms with Crippen molar-refractivity contribution in [3.63, 3.8) is 0 Å². The minimum atomic E-state index is -0.384. The van der Waals surface area contributed by atoms with Crippen LogP contribution in [0.25, 0.3) is 10.9 Å². The van der Waals surface area contributed by atoms with Crippen LogP contribution in [0.1, 0.15) is 36.7 Å². The quantitative estimate of drug-likeness (QED) is 0.377. The van der Waals surface area contributed by atoms with Crippen molar-refractivity contribution in [3.8, 4) is 17.2 Å². The SMILES string of the molecule is CCOc1ccc(C(Nc2cccc(C)n2)c2ccc3cccnc3c2O)cc1OCC. The molecule has 0 radical (unpaired) electrons. The number of nitrogens with zero attached hydrogens (tertiary/aromatic N) is 2. The molecule has 0 fully saturated rings. The summed E-state index contributed by atoms with van der Waals surface area (Å²) in [6.45, 7) is 6.90.